The van der Waals surface area contributed by atoms with E-state index in [1.807, 2.05) is 0 Å². The van der Waals surface area contributed by atoms with E-state index in [9.17, 15) is 0 Å². The van der Waals surface area contributed by atoms with Gasteiger partial charge in [-0.15, -0.1) is 4.99 Å². The lowest BCUT2D eigenvalue weighted by Crippen LogP contribution is -2.46. The molecule has 0 aromatic rings. The third kappa shape index (κ3) is 2.00. The summed E-state index contributed by atoms with van der Waals surface area (Å²) in [6.45, 7) is 0.836. The molecule has 0 radical (unpaired) electrons. The lowest BCUT2D eigenvalue weighted by Gasteiger charge is -2.50. The van der Waals surface area contributed by atoms with Crippen LogP contribution in [0.15, 0.2) is 0 Å². The Hall–Kier alpha value is -0.630. The average molecular weight is 210 g/mol. The van der Waals surface area contributed by atoms with Crippen molar-refractivity contribution in [2.24, 2.45) is 10.8 Å². The number of nitrogens with zero attached hydrogens (tertiary/aromatic N) is 1. The van der Waals surface area contributed by atoms with Crippen molar-refractivity contribution in [2.75, 3.05) is 13.7 Å². The predicted octanol–water partition coefficient (Wildman–Crippen LogP) is 1.93. The quantitative estimate of drug-likeness (QED) is 0.437. The first kappa shape index (κ1) is 10.9. The lowest BCUT2D eigenvalue weighted by atomic mass is 9.54. The summed E-state index contributed by atoms with van der Waals surface area (Å²) in [5, 5.41) is 9.15. The van der Waals surface area contributed by atoms with Crippen LogP contribution in [0.2, 0.25) is 0 Å². The molecular formula is C11H18N2O2. The van der Waals surface area contributed by atoms with Crippen LogP contribution in [-0.4, -0.2) is 13.7 Å². The minimum atomic E-state index is 0.00383. The first-order valence-corrected chi connectivity index (χ1v) is 5.58. The maximum atomic E-state index is 9.15. The highest BCUT2D eigenvalue weighted by Crippen LogP contribution is 2.56. The Kier molecular flexibility index (Phi) is 2.96. The Bertz CT molecular complexity index is 248. The van der Waals surface area contributed by atoms with Gasteiger partial charge >= 0.3 is 0 Å². The van der Waals surface area contributed by atoms with Crippen LogP contribution in [-0.2, 0) is 9.88 Å². The van der Waals surface area contributed by atoms with Gasteiger partial charge in [0.25, 0.3) is 0 Å². The molecule has 84 valence electrons. The fraction of sp³-hybridized carbons (Fsp3) is 0.909. The summed E-state index contributed by atoms with van der Waals surface area (Å²) >= 11 is 0. The minimum absolute atomic E-state index is 0.00383. The van der Waals surface area contributed by atoms with Gasteiger partial charge in [0, 0.05) is 6.54 Å². The first-order valence-electron chi connectivity index (χ1n) is 5.58. The molecule has 2 bridgehead atoms. The number of fused-ring (bicyclic) bond motifs is 3. The molecule has 3 fully saturated rings. The van der Waals surface area contributed by atoms with Crippen LogP contribution in [0.5, 0.6) is 0 Å². The molecule has 0 aromatic carbocycles. The minimum Gasteiger partial charge on any atom is -0.221 e. The number of hydroxylamine groups is 1. The normalized spacial score (nSPS) is 38.9. The van der Waals surface area contributed by atoms with Crippen LogP contribution in [0.4, 0.5) is 0 Å². The van der Waals surface area contributed by atoms with Crippen molar-refractivity contribution in [1.82, 2.24) is 5.48 Å². The maximum absolute atomic E-state index is 9.15. The summed E-state index contributed by atoms with van der Waals surface area (Å²) in [5.41, 5.74) is 3.19. The van der Waals surface area contributed by atoms with E-state index in [0.29, 0.717) is 5.41 Å². The van der Waals surface area contributed by atoms with Crippen molar-refractivity contribution in [3.8, 4) is 6.07 Å². The second-order valence-electron chi connectivity index (χ2n) is 4.96. The Morgan fingerprint density at radius 2 is 1.80 bits per heavy atom. The zero-order valence-corrected chi connectivity index (χ0v) is 9.21. The summed E-state index contributed by atoms with van der Waals surface area (Å²) < 4.78 is 0. The molecule has 3 saturated carbocycles. The van der Waals surface area contributed by atoms with Crippen LogP contribution in [0.1, 0.15) is 38.5 Å². The second kappa shape index (κ2) is 4.09. The third-order valence-electron chi connectivity index (χ3n) is 4.23. The standard InChI is InChI=1S/C11H18N2O2/c1-14-15-13-9-11-5-2-10(8-12,3-6-11)4-7-11/h13H,2-7,9H2,1H3. The predicted molar refractivity (Wildman–Crippen MR) is 54.3 cm³/mol. The summed E-state index contributed by atoms with van der Waals surface area (Å²) in [7, 11) is 1.49. The molecular weight excluding hydrogens is 192 g/mol. The maximum Gasteiger partial charge on any atom is 0.0732 e. The van der Waals surface area contributed by atoms with Crippen molar-refractivity contribution in [2.45, 2.75) is 38.5 Å². The summed E-state index contributed by atoms with van der Waals surface area (Å²) in [5.74, 6) is 0. The van der Waals surface area contributed by atoms with Gasteiger partial charge in [0.05, 0.1) is 18.6 Å². The molecule has 3 aliphatic rings. The highest BCUT2D eigenvalue weighted by Gasteiger charge is 2.48. The number of hydrogen-bond donors (Lipinski definition) is 1. The molecule has 0 spiro atoms. The molecule has 0 atom stereocenters. The van der Waals surface area contributed by atoms with Crippen LogP contribution >= 0.6 is 0 Å². The van der Waals surface area contributed by atoms with Gasteiger partial charge in [0.2, 0.25) is 0 Å². The van der Waals surface area contributed by atoms with E-state index in [4.69, 9.17) is 10.3 Å². The SMILES string of the molecule is COONCC12CCC(C#N)(CC1)CC2. The molecule has 3 rings (SSSR count). The highest BCUT2D eigenvalue weighted by molar-refractivity contribution is 5.09. The van der Waals surface area contributed by atoms with E-state index >= 15 is 0 Å². The van der Waals surface area contributed by atoms with Crippen molar-refractivity contribution < 1.29 is 9.88 Å². The van der Waals surface area contributed by atoms with Crippen LogP contribution < -0.4 is 5.48 Å². The van der Waals surface area contributed by atoms with Gasteiger partial charge < -0.3 is 0 Å². The van der Waals surface area contributed by atoms with Gasteiger partial charge in [-0.05, 0) is 43.9 Å². The molecule has 0 aromatic heterocycles. The summed E-state index contributed by atoms with van der Waals surface area (Å²) in [6.07, 6.45) is 6.58. The zero-order valence-electron chi connectivity index (χ0n) is 9.21. The fourth-order valence-electron chi connectivity index (χ4n) is 2.94. The average Bonchev–Trinajstić information content (AvgIpc) is 2.32. The molecule has 0 aliphatic heterocycles. The number of hydrogen-bond acceptors (Lipinski definition) is 4. The van der Waals surface area contributed by atoms with Crippen molar-refractivity contribution in [1.29, 1.82) is 5.26 Å². The van der Waals surface area contributed by atoms with Gasteiger partial charge in [-0.3, -0.25) is 0 Å². The lowest BCUT2D eigenvalue weighted by molar-refractivity contribution is -0.321. The van der Waals surface area contributed by atoms with E-state index < -0.39 is 0 Å². The number of nitriles is 1. The molecule has 0 saturated heterocycles. The number of nitrogens with one attached hydrogen (secondary N) is 1. The van der Waals surface area contributed by atoms with E-state index in [-0.39, 0.29) is 5.41 Å². The van der Waals surface area contributed by atoms with Crippen molar-refractivity contribution in [3.63, 3.8) is 0 Å². The van der Waals surface area contributed by atoms with E-state index in [0.717, 1.165) is 45.1 Å². The topological polar surface area (TPSA) is 54.3 Å². The number of rotatable bonds is 4. The van der Waals surface area contributed by atoms with Crippen molar-refractivity contribution in [3.05, 3.63) is 0 Å². The Morgan fingerprint density at radius 1 is 1.20 bits per heavy atom. The highest BCUT2D eigenvalue weighted by atomic mass is 17.3. The molecule has 3 aliphatic carbocycles. The Balaban J connectivity index is 1.90. The molecule has 4 nitrogen and oxygen atoms in total. The summed E-state index contributed by atoms with van der Waals surface area (Å²) in [6, 6.07) is 2.51. The van der Waals surface area contributed by atoms with Gasteiger partial charge in [-0.2, -0.15) is 10.7 Å². The van der Waals surface area contributed by atoms with Gasteiger partial charge in [0.15, 0.2) is 0 Å². The van der Waals surface area contributed by atoms with E-state index in [1.165, 1.54) is 7.11 Å². The molecule has 15 heavy (non-hydrogen) atoms. The third-order valence-corrected chi connectivity index (χ3v) is 4.23. The molecule has 0 unspecified atom stereocenters. The molecule has 0 heterocycles. The van der Waals surface area contributed by atoms with Crippen molar-refractivity contribution >= 4 is 0 Å². The van der Waals surface area contributed by atoms with E-state index in [2.05, 4.69) is 16.4 Å². The van der Waals surface area contributed by atoms with Crippen LogP contribution in [0.3, 0.4) is 0 Å². The Morgan fingerprint density at radius 3 is 2.27 bits per heavy atom. The molecule has 0 amide bonds. The second-order valence-corrected chi connectivity index (χ2v) is 4.96. The monoisotopic (exact) mass is 210 g/mol. The fourth-order valence-corrected chi connectivity index (χ4v) is 2.94. The largest absolute Gasteiger partial charge is 0.221 e. The van der Waals surface area contributed by atoms with E-state index in [1.54, 1.807) is 0 Å². The van der Waals surface area contributed by atoms with Gasteiger partial charge in [-0.25, -0.2) is 4.89 Å². The smallest absolute Gasteiger partial charge is 0.0732 e. The van der Waals surface area contributed by atoms with Gasteiger partial charge in [0.1, 0.15) is 0 Å². The van der Waals surface area contributed by atoms with Crippen LogP contribution in [0.25, 0.3) is 0 Å². The summed E-state index contributed by atoms with van der Waals surface area (Å²) in [4.78, 5) is 9.23. The van der Waals surface area contributed by atoms with Crippen LogP contribution in [0, 0.1) is 22.2 Å². The molecule has 1 N–H and O–H groups in total. The zero-order chi connectivity index (χ0) is 10.8. The molecule has 4 heteroatoms. The first-order chi connectivity index (χ1) is 7.24. The Labute approximate surface area is 90.4 Å². The van der Waals surface area contributed by atoms with Gasteiger partial charge in [-0.1, -0.05) is 0 Å².